The predicted octanol–water partition coefficient (Wildman–Crippen LogP) is 3.66. The Kier molecular flexibility index (Phi) is 8.41. The fraction of sp³-hybridized carbons (Fsp3) is 0.346. The van der Waals surface area contributed by atoms with Gasteiger partial charge in [-0.15, -0.1) is 10.2 Å². The Morgan fingerprint density at radius 2 is 1.72 bits per heavy atom. The highest BCUT2D eigenvalue weighted by Gasteiger charge is 2.35. The number of methoxy groups -OCH3 is 2. The zero-order valence-corrected chi connectivity index (χ0v) is 23.4. The maximum absolute atomic E-state index is 13.8. The number of anilines is 1. The van der Waals surface area contributed by atoms with Crippen molar-refractivity contribution in [2.24, 2.45) is 0 Å². The van der Waals surface area contributed by atoms with E-state index in [1.807, 2.05) is 13.0 Å². The van der Waals surface area contributed by atoms with E-state index in [0.29, 0.717) is 40.0 Å². The van der Waals surface area contributed by atoms with Gasteiger partial charge in [-0.25, -0.2) is 8.42 Å². The summed E-state index contributed by atoms with van der Waals surface area (Å²) in [5.74, 6) is 1.12. The highest BCUT2D eigenvalue weighted by Crippen LogP contribution is 2.38. The number of hydrogen-bond acceptors (Lipinski definition) is 10. The Hall–Kier alpha value is -4.10. The van der Waals surface area contributed by atoms with Crippen LogP contribution in [0.4, 0.5) is 5.95 Å². The van der Waals surface area contributed by atoms with Crippen molar-refractivity contribution in [1.82, 2.24) is 29.7 Å². The van der Waals surface area contributed by atoms with Crippen molar-refractivity contribution in [3.05, 3.63) is 66.0 Å². The summed E-state index contributed by atoms with van der Waals surface area (Å²) < 4.78 is 48.7. The molecule has 39 heavy (non-hydrogen) atoms. The number of rotatable bonds is 11. The third-order valence-corrected chi connectivity index (χ3v) is 7.70. The predicted molar refractivity (Wildman–Crippen MR) is 146 cm³/mol. The van der Waals surface area contributed by atoms with Gasteiger partial charge >= 0.3 is 0 Å². The number of ether oxygens (including phenoxy) is 3. The summed E-state index contributed by atoms with van der Waals surface area (Å²) in [5.41, 5.74) is 3.04. The molecule has 4 rings (SSSR count). The van der Waals surface area contributed by atoms with Gasteiger partial charge in [-0.1, -0.05) is 6.07 Å². The van der Waals surface area contributed by atoms with Crippen LogP contribution in [-0.4, -0.2) is 64.2 Å². The first kappa shape index (κ1) is 27.9. The molecule has 206 valence electrons. The quantitative estimate of drug-likeness (QED) is 0.292. The van der Waals surface area contributed by atoms with Crippen molar-refractivity contribution in [3.8, 4) is 28.6 Å². The summed E-state index contributed by atoms with van der Waals surface area (Å²) in [6.07, 6.45) is 5.55. The van der Waals surface area contributed by atoms with Crippen molar-refractivity contribution in [2.75, 3.05) is 25.5 Å². The first-order chi connectivity index (χ1) is 18.7. The van der Waals surface area contributed by atoms with Gasteiger partial charge in [-0.05, 0) is 51.5 Å². The molecule has 12 nitrogen and oxygen atoms in total. The number of pyridine rings is 1. The van der Waals surface area contributed by atoms with E-state index in [2.05, 4.69) is 29.9 Å². The molecule has 1 aromatic carbocycles. The molecule has 0 saturated heterocycles. The number of aryl methyl sites for hydroxylation is 2. The van der Waals surface area contributed by atoms with Crippen molar-refractivity contribution in [2.45, 2.75) is 39.0 Å². The summed E-state index contributed by atoms with van der Waals surface area (Å²) in [5, 5.41) is 7.48. The van der Waals surface area contributed by atoms with Crippen LogP contribution >= 0.6 is 0 Å². The molecule has 0 saturated carbocycles. The molecule has 0 bridgehead atoms. The third-order valence-electron chi connectivity index (χ3n) is 6.01. The van der Waals surface area contributed by atoms with Gasteiger partial charge in [0.15, 0.2) is 5.82 Å². The molecule has 1 N–H and O–H groups in total. The van der Waals surface area contributed by atoms with Crippen molar-refractivity contribution in [1.29, 1.82) is 0 Å². The van der Waals surface area contributed by atoms with Gasteiger partial charge in [-0.2, -0.15) is 0 Å². The second-order valence-corrected chi connectivity index (χ2v) is 10.8. The van der Waals surface area contributed by atoms with E-state index in [1.165, 1.54) is 20.4 Å². The van der Waals surface area contributed by atoms with Gasteiger partial charge in [0.2, 0.25) is 16.0 Å². The molecule has 0 radical (unpaired) electrons. The zero-order chi connectivity index (χ0) is 28.2. The maximum Gasteiger partial charge on any atom is 0.243 e. The first-order valence-electron chi connectivity index (χ1n) is 12.2. The second-order valence-electron chi connectivity index (χ2n) is 8.76. The minimum atomic E-state index is -4.10. The zero-order valence-electron chi connectivity index (χ0n) is 22.6. The van der Waals surface area contributed by atoms with Crippen LogP contribution in [0.2, 0.25) is 0 Å². The Bertz CT molecular complexity index is 1520. The summed E-state index contributed by atoms with van der Waals surface area (Å²) >= 11 is 0. The normalized spacial score (nSPS) is 13.1. The monoisotopic (exact) mass is 553 g/mol. The van der Waals surface area contributed by atoms with E-state index < -0.39 is 21.4 Å². The number of aromatic nitrogens is 6. The molecule has 3 heterocycles. The summed E-state index contributed by atoms with van der Waals surface area (Å²) in [7, 11) is -1.08. The summed E-state index contributed by atoms with van der Waals surface area (Å²) in [6, 6.07) is 7.11. The summed E-state index contributed by atoms with van der Waals surface area (Å²) in [4.78, 5) is 12.9. The molecule has 0 spiro atoms. The lowest BCUT2D eigenvalue weighted by Gasteiger charge is -2.24. The molecule has 0 fully saturated rings. The molecular weight excluding hydrogens is 522 g/mol. The van der Waals surface area contributed by atoms with Crippen molar-refractivity contribution in [3.63, 3.8) is 0 Å². The van der Waals surface area contributed by atoms with Crippen LogP contribution in [0.1, 0.15) is 36.9 Å². The molecular formula is C26H31N7O5S. The van der Waals surface area contributed by atoms with Crippen LogP contribution < -0.4 is 14.2 Å². The maximum atomic E-state index is 13.8. The topological polar surface area (TPSA) is 143 Å². The molecule has 0 amide bonds. The molecule has 4 aromatic rings. The van der Waals surface area contributed by atoms with Gasteiger partial charge in [-0.3, -0.25) is 24.2 Å². The second kappa shape index (κ2) is 11.7. The van der Waals surface area contributed by atoms with Crippen LogP contribution in [-0.2, 0) is 14.8 Å². The van der Waals surface area contributed by atoms with Crippen LogP contribution in [0.5, 0.6) is 11.5 Å². The van der Waals surface area contributed by atoms with Gasteiger partial charge in [0.05, 0.1) is 31.8 Å². The van der Waals surface area contributed by atoms with E-state index in [4.69, 9.17) is 14.2 Å². The van der Waals surface area contributed by atoms with Gasteiger partial charge < -0.3 is 14.2 Å². The fourth-order valence-corrected chi connectivity index (χ4v) is 5.17. The molecule has 3 aromatic heterocycles. The minimum absolute atomic E-state index is 0.0635. The lowest BCUT2D eigenvalue weighted by atomic mass is 10.2. The number of benzene rings is 1. The summed E-state index contributed by atoms with van der Waals surface area (Å²) in [6.45, 7) is 7.30. The van der Waals surface area contributed by atoms with Crippen molar-refractivity contribution >= 4 is 16.0 Å². The van der Waals surface area contributed by atoms with Gasteiger partial charge in [0.25, 0.3) is 0 Å². The van der Waals surface area contributed by atoms with E-state index in [-0.39, 0.29) is 12.6 Å². The Morgan fingerprint density at radius 3 is 2.31 bits per heavy atom. The third kappa shape index (κ3) is 5.83. The van der Waals surface area contributed by atoms with Crippen LogP contribution in [0, 0.1) is 13.8 Å². The van der Waals surface area contributed by atoms with Crippen LogP contribution in [0.15, 0.2) is 49.1 Å². The average molecular weight is 554 g/mol. The molecule has 0 aliphatic heterocycles. The number of nitrogens with one attached hydrogen (secondary N) is 1. The number of nitrogens with zero attached hydrogens (tertiary/aromatic N) is 6. The van der Waals surface area contributed by atoms with E-state index in [0.717, 1.165) is 5.56 Å². The molecule has 0 aliphatic rings. The van der Waals surface area contributed by atoms with Crippen LogP contribution in [0.3, 0.4) is 0 Å². The number of para-hydroxylation sites is 1. The largest absolute Gasteiger partial charge is 0.494 e. The molecule has 2 unspecified atom stereocenters. The van der Waals surface area contributed by atoms with Gasteiger partial charge in [0, 0.05) is 30.8 Å². The Balaban J connectivity index is 1.84. The van der Waals surface area contributed by atoms with E-state index >= 15 is 0 Å². The smallest absolute Gasteiger partial charge is 0.243 e. The SMILES string of the molecule is CCOC(c1cnc(C)cn1)C(C)S(=O)(=O)Nc1nnc(-c2cncc(C)c2)n1-c1c(OC)cccc1OC. The highest BCUT2D eigenvalue weighted by molar-refractivity contribution is 7.93. The highest BCUT2D eigenvalue weighted by atomic mass is 32.2. The Labute approximate surface area is 227 Å². The number of sulfonamides is 1. The van der Waals surface area contributed by atoms with E-state index in [9.17, 15) is 8.42 Å². The molecule has 0 aliphatic carbocycles. The van der Waals surface area contributed by atoms with Gasteiger partial charge in [0.1, 0.15) is 28.5 Å². The Morgan fingerprint density at radius 1 is 1.00 bits per heavy atom. The molecule has 2 atom stereocenters. The first-order valence-corrected chi connectivity index (χ1v) is 13.7. The minimum Gasteiger partial charge on any atom is -0.494 e. The van der Waals surface area contributed by atoms with Crippen molar-refractivity contribution < 1.29 is 22.6 Å². The lowest BCUT2D eigenvalue weighted by Crippen LogP contribution is -2.33. The average Bonchev–Trinajstić information content (AvgIpc) is 3.33. The molecule has 13 heteroatoms. The lowest BCUT2D eigenvalue weighted by molar-refractivity contribution is 0.0588. The number of hydrogen-bond donors (Lipinski definition) is 1. The standard InChI is InChI=1S/C26H31N7O5S/c1-7-38-24(20-15-28-17(3)13-29-20)18(4)39(34,35)32-26-31-30-25(19-11-16(2)12-27-14-19)33(26)23-21(36-5)9-8-10-22(23)37-6/h8-15,18,24H,7H2,1-6H3,(H,31,32). The van der Waals surface area contributed by atoms with Crippen LogP contribution in [0.25, 0.3) is 17.1 Å². The van der Waals surface area contributed by atoms with E-state index in [1.54, 1.807) is 62.1 Å². The fourth-order valence-electron chi connectivity index (χ4n) is 4.05.